The Morgan fingerprint density at radius 2 is 1.02 bits per heavy atom. The van der Waals surface area contributed by atoms with Crippen LogP contribution in [0.3, 0.4) is 0 Å². The van der Waals surface area contributed by atoms with Crippen LogP contribution in [0.25, 0.3) is 11.1 Å². The van der Waals surface area contributed by atoms with Crippen molar-refractivity contribution in [2.75, 3.05) is 14.1 Å². The van der Waals surface area contributed by atoms with Crippen LogP contribution in [0.1, 0.15) is 22.3 Å². The van der Waals surface area contributed by atoms with E-state index in [1.54, 1.807) is 51.0 Å². The first-order chi connectivity index (χ1) is 20.4. The third-order valence-corrected chi connectivity index (χ3v) is 7.15. The molecule has 0 aliphatic rings. The fraction of sp³-hybridized carbons (Fsp3) is 0.125. The monoisotopic (exact) mass is 690 g/mol. The lowest BCUT2D eigenvalue weighted by Gasteiger charge is -2.18. The topological polar surface area (TPSA) is 102 Å². The van der Waals surface area contributed by atoms with Gasteiger partial charge in [-0.1, -0.05) is 68.3 Å². The summed E-state index contributed by atoms with van der Waals surface area (Å²) in [6.45, 7) is 0. The lowest BCUT2D eigenvalue weighted by molar-refractivity contribution is -0.172. The molecule has 214 valence electrons. The molecule has 4 aromatic rings. The molecule has 0 radical (unpaired) electrons. The molecule has 0 bridgehead atoms. The maximum absolute atomic E-state index is 12.9. The molecule has 2 aromatic heterocycles. The highest BCUT2D eigenvalue weighted by Gasteiger charge is 2.24. The van der Waals surface area contributed by atoms with E-state index in [2.05, 4.69) is 52.5 Å². The van der Waals surface area contributed by atoms with E-state index >= 15 is 0 Å². The molecule has 0 amide bonds. The van der Waals surface area contributed by atoms with Crippen molar-refractivity contribution in [2.24, 2.45) is 0 Å². The SMILES string of the molecule is CNC(C=C(c1ccc(Br)cc1)c1cccnc1)OC(=O)C(=O)OC(C=C(c1ccc(Br)cc1)c1cccnc1)NC. The Balaban J connectivity index is 1.55. The number of ether oxygens (including phenoxy) is 2. The molecule has 2 unspecified atom stereocenters. The van der Waals surface area contributed by atoms with E-state index in [0.717, 1.165) is 42.3 Å². The predicted octanol–water partition coefficient (Wildman–Crippen LogP) is 5.74. The van der Waals surface area contributed by atoms with Crippen molar-refractivity contribution in [2.45, 2.75) is 12.5 Å². The standard InChI is InChI=1S/C32H28Br2N4O4/c1-35-29(17-27(23-5-3-15-37-19-23)21-7-11-25(33)12-8-21)41-31(39)32(40)42-30(36-2)18-28(24-6-4-16-38-20-24)22-9-13-26(34)14-10-22/h3-20,29-30,35-36H,1-2H3. The van der Waals surface area contributed by atoms with Gasteiger partial charge in [-0.3, -0.25) is 20.6 Å². The van der Waals surface area contributed by atoms with Gasteiger partial charge in [-0.15, -0.1) is 0 Å². The number of likely N-dealkylation sites (N-methyl/N-ethyl adjacent to an activating group) is 2. The Morgan fingerprint density at radius 3 is 1.33 bits per heavy atom. The van der Waals surface area contributed by atoms with Crippen LogP contribution in [-0.2, 0) is 19.1 Å². The van der Waals surface area contributed by atoms with Gasteiger partial charge >= 0.3 is 11.9 Å². The van der Waals surface area contributed by atoms with E-state index in [4.69, 9.17) is 9.47 Å². The number of hydrogen-bond donors (Lipinski definition) is 2. The maximum Gasteiger partial charge on any atom is 0.419 e. The minimum absolute atomic E-state index is 0.766. The summed E-state index contributed by atoms with van der Waals surface area (Å²) in [5.41, 5.74) is 4.91. The van der Waals surface area contributed by atoms with Crippen molar-refractivity contribution in [1.82, 2.24) is 20.6 Å². The molecule has 0 saturated carbocycles. The number of hydrogen-bond acceptors (Lipinski definition) is 8. The molecule has 2 heterocycles. The van der Waals surface area contributed by atoms with Crippen molar-refractivity contribution in [3.63, 3.8) is 0 Å². The lowest BCUT2D eigenvalue weighted by Crippen LogP contribution is -2.37. The highest BCUT2D eigenvalue weighted by Crippen LogP contribution is 2.26. The molecule has 0 fully saturated rings. The zero-order valence-electron chi connectivity index (χ0n) is 22.8. The van der Waals surface area contributed by atoms with Gasteiger partial charge in [-0.05, 0) is 84.9 Å². The van der Waals surface area contributed by atoms with Gasteiger partial charge in [0.1, 0.15) is 0 Å². The second kappa shape index (κ2) is 15.3. The van der Waals surface area contributed by atoms with Crippen molar-refractivity contribution < 1.29 is 19.1 Å². The Hall–Kier alpha value is -3.96. The number of carbonyl (C=O) groups excluding carboxylic acids is 2. The van der Waals surface area contributed by atoms with E-state index in [-0.39, 0.29) is 0 Å². The Kier molecular flexibility index (Phi) is 11.3. The number of carbonyl (C=O) groups is 2. The van der Waals surface area contributed by atoms with Crippen LogP contribution in [0.5, 0.6) is 0 Å². The predicted molar refractivity (Wildman–Crippen MR) is 169 cm³/mol. The van der Waals surface area contributed by atoms with Crippen molar-refractivity contribution in [3.05, 3.63) is 141 Å². The highest BCUT2D eigenvalue weighted by molar-refractivity contribution is 9.10. The summed E-state index contributed by atoms with van der Waals surface area (Å²) in [7, 11) is 3.25. The maximum atomic E-state index is 12.9. The minimum atomic E-state index is -1.15. The fourth-order valence-electron chi connectivity index (χ4n) is 4.00. The van der Waals surface area contributed by atoms with Crippen molar-refractivity contribution in [3.8, 4) is 0 Å². The van der Waals surface area contributed by atoms with Gasteiger partial charge in [-0.2, -0.15) is 0 Å². The molecule has 42 heavy (non-hydrogen) atoms. The number of rotatable bonds is 10. The number of esters is 2. The third-order valence-electron chi connectivity index (χ3n) is 6.10. The molecule has 8 nitrogen and oxygen atoms in total. The summed E-state index contributed by atoms with van der Waals surface area (Å²) in [5, 5.41) is 5.84. The Labute approximate surface area is 261 Å². The van der Waals surface area contributed by atoms with Gasteiger partial charge < -0.3 is 9.47 Å². The number of benzene rings is 2. The molecule has 10 heteroatoms. The second-order valence-corrected chi connectivity index (χ2v) is 10.7. The zero-order valence-corrected chi connectivity index (χ0v) is 26.0. The first-order valence-electron chi connectivity index (χ1n) is 12.9. The van der Waals surface area contributed by atoms with Crippen LogP contribution in [-0.4, -0.2) is 48.5 Å². The number of nitrogens with one attached hydrogen (secondary N) is 2. The average Bonchev–Trinajstić information content (AvgIpc) is 3.03. The zero-order chi connectivity index (χ0) is 29.9. The van der Waals surface area contributed by atoms with E-state index in [1.165, 1.54) is 0 Å². The number of aromatic nitrogens is 2. The Morgan fingerprint density at radius 1 is 0.643 bits per heavy atom. The molecule has 0 aliphatic heterocycles. The van der Waals surface area contributed by atoms with E-state index < -0.39 is 24.4 Å². The second-order valence-electron chi connectivity index (χ2n) is 8.89. The molecule has 4 rings (SSSR count). The molecule has 2 N–H and O–H groups in total. The van der Waals surface area contributed by atoms with Crippen LogP contribution in [0, 0.1) is 0 Å². The van der Waals surface area contributed by atoms with E-state index in [0.29, 0.717) is 0 Å². The van der Waals surface area contributed by atoms with Crippen LogP contribution in [0.15, 0.2) is 119 Å². The van der Waals surface area contributed by atoms with Crippen LogP contribution < -0.4 is 10.6 Å². The smallest absolute Gasteiger partial charge is 0.419 e. The quantitative estimate of drug-likeness (QED) is 0.123. The Bertz CT molecular complexity index is 1430. The highest BCUT2D eigenvalue weighted by atomic mass is 79.9. The van der Waals surface area contributed by atoms with Crippen molar-refractivity contribution in [1.29, 1.82) is 0 Å². The largest absolute Gasteiger partial charge is 0.434 e. The molecule has 2 atom stereocenters. The van der Waals surface area contributed by atoms with Gasteiger partial charge in [-0.25, -0.2) is 9.59 Å². The molecule has 0 saturated heterocycles. The minimum Gasteiger partial charge on any atom is -0.434 e. The van der Waals surface area contributed by atoms with Gasteiger partial charge in [0.25, 0.3) is 0 Å². The lowest BCUT2D eigenvalue weighted by atomic mass is 9.98. The summed E-state index contributed by atoms with van der Waals surface area (Å²) in [6.07, 6.45) is 8.36. The molecule has 0 aliphatic carbocycles. The van der Waals surface area contributed by atoms with Gasteiger partial charge in [0.15, 0.2) is 12.5 Å². The first kappa shape index (κ1) is 31.0. The van der Waals surface area contributed by atoms with Crippen LogP contribution in [0.4, 0.5) is 0 Å². The fourth-order valence-corrected chi connectivity index (χ4v) is 4.53. The summed E-state index contributed by atoms with van der Waals surface area (Å²) < 4.78 is 12.8. The van der Waals surface area contributed by atoms with E-state index in [1.807, 2.05) is 72.8 Å². The number of nitrogens with zero attached hydrogens (tertiary/aromatic N) is 2. The summed E-state index contributed by atoms with van der Waals surface area (Å²) in [6, 6.07) is 22.8. The first-order valence-corrected chi connectivity index (χ1v) is 14.5. The third kappa shape index (κ3) is 8.53. The van der Waals surface area contributed by atoms with E-state index in [9.17, 15) is 9.59 Å². The van der Waals surface area contributed by atoms with Gasteiger partial charge in [0.2, 0.25) is 0 Å². The van der Waals surface area contributed by atoms with Crippen molar-refractivity contribution >= 4 is 54.9 Å². The average molecular weight is 692 g/mol. The van der Waals surface area contributed by atoms with Gasteiger partial charge in [0, 0.05) is 44.9 Å². The molecule has 0 spiro atoms. The molecule has 2 aromatic carbocycles. The number of pyridine rings is 2. The molecular formula is C32H28Br2N4O4. The van der Waals surface area contributed by atoms with Gasteiger partial charge in [0.05, 0.1) is 0 Å². The summed E-state index contributed by atoms with van der Waals surface area (Å²) >= 11 is 6.91. The number of halogens is 2. The molecular weight excluding hydrogens is 664 g/mol. The summed E-state index contributed by atoms with van der Waals surface area (Å²) in [5.74, 6) is -2.29. The normalized spacial score (nSPS) is 13.2. The van der Waals surface area contributed by atoms with Crippen LogP contribution in [0.2, 0.25) is 0 Å². The summed E-state index contributed by atoms with van der Waals surface area (Å²) in [4.78, 5) is 34.2. The van der Waals surface area contributed by atoms with Crippen LogP contribution >= 0.6 is 31.9 Å².